The molecule has 3 N–H and O–H groups in total. The molecular formula is C16H21FN2O4. The van der Waals surface area contributed by atoms with Crippen LogP contribution in [0.15, 0.2) is 30.3 Å². The van der Waals surface area contributed by atoms with Gasteiger partial charge in [0.15, 0.2) is 11.9 Å². The topological polar surface area (TPSA) is 98.5 Å². The molecule has 2 atom stereocenters. The van der Waals surface area contributed by atoms with Crippen LogP contribution in [-0.2, 0) is 20.7 Å². The first kappa shape index (κ1) is 18.6. The number of nitrogens with two attached hydrogens (primary N) is 1. The number of alkyl halides is 1. The number of hydrogen-bond donors (Lipinski definition) is 2. The van der Waals surface area contributed by atoms with Crippen molar-refractivity contribution in [3.8, 4) is 0 Å². The highest BCUT2D eigenvalue weighted by Crippen LogP contribution is 2.10. The Kier molecular flexibility index (Phi) is 7.18. The Balaban J connectivity index is 2.85. The van der Waals surface area contributed by atoms with Crippen molar-refractivity contribution >= 4 is 17.8 Å². The lowest BCUT2D eigenvalue weighted by Gasteiger charge is -2.23. The Morgan fingerprint density at radius 1 is 1.22 bits per heavy atom. The van der Waals surface area contributed by atoms with E-state index in [0.29, 0.717) is 0 Å². The zero-order chi connectivity index (χ0) is 17.4. The van der Waals surface area contributed by atoms with Gasteiger partial charge in [0.25, 0.3) is 5.91 Å². The fraction of sp³-hybridized carbons (Fsp3) is 0.438. The smallest absolute Gasteiger partial charge is 0.405 e. The van der Waals surface area contributed by atoms with Crippen molar-refractivity contribution < 1.29 is 23.5 Å². The first-order chi connectivity index (χ1) is 10.8. The molecule has 0 aliphatic carbocycles. The molecule has 1 aromatic carbocycles. The second-order valence-electron chi connectivity index (χ2n) is 5.45. The summed E-state index contributed by atoms with van der Waals surface area (Å²) >= 11 is 0. The summed E-state index contributed by atoms with van der Waals surface area (Å²) in [5.41, 5.74) is 5.72. The van der Waals surface area contributed by atoms with Crippen LogP contribution >= 0.6 is 0 Å². The molecule has 0 aliphatic rings. The molecule has 0 aromatic heterocycles. The van der Waals surface area contributed by atoms with Crippen LogP contribution in [0.2, 0.25) is 0 Å². The summed E-state index contributed by atoms with van der Waals surface area (Å²) in [4.78, 5) is 34.8. The fourth-order valence-electron chi connectivity index (χ4n) is 2.06. The number of primary amides is 1. The molecule has 1 rings (SSSR count). The number of amides is 2. The van der Waals surface area contributed by atoms with Crippen LogP contribution < -0.4 is 11.1 Å². The van der Waals surface area contributed by atoms with Gasteiger partial charge in [0, 0.05) is 0 Å². The fourth-order valence-corrected chi connectivity index (χ4v) is 2.06. The van der Waals surface area contributed by atoms with Gasteiger partial charge < -0.3 is 15.8 Å². The maximum atomic E-state index is 12.8. The van der Waals surface area contributed by atoms with Gasteiger partial charge in [0.2, 0.25) is 0 Å². The minimum Gasteiger partial charge on any atom is -0.436 e. The number of rotatable bonds is 8. The predicted molar refractivity (Wildman–Crippen MR) is 82.4 cm³/mol. The van der Waals surface area contributed by atoms with Crippen LogP contribution in [0.5, 0.6) is 0 Å². The second-order valence-corrected chi connectivity index (χ2v) is 5.45. The summed E-state index contributed by atoms with van der Waals surface area (Å²) in [6.07, 6.45) is -2.08. The van der Waals surface area contributed by atoms with Crippen LogP contribution in [-0.4, -0.2) is 36.6 Å². The molecule has 126 valence electrons. The first-order valence-corrected chi connectivity index (χ1v) is 7.24. The van der Waals surface area contributed by atoms with Gasteiger partial charge in [-0.15, -0.1) is 0 Å². The van der Waals surface area contributed by atoms with Gasteiger partial charge in [-0.1, -0.05) is 44.2 Å². The molecule has 2 amide bonds. The molecule has 0 radical (unpaired) electrons. The highest BCUT2D eigenvalue weighted by molar-refractivity contribution is 5.92. The van der Waals surface area contributed by atoms with E-state index in [0.717, 1.165) is 5.56 Å². The van der Waals surface area contributed by atoms with Crippen molar-refractivity contribution in [3.63, 3.8) is 0 Å². The molecule has 0 saturated heterocycles. The highest BCUT2D eigenvalue weighted by atomic mass is 19.1. The lowest BCUT2D eigenvalue weighted by atomic mass is 10.0. The lowest BCUT2D eigenvalue weighted by molar-refractivity contribution is -0.135. The summed E-state index contributed by atoms with van der Waals surface area (Å²) in [5.74, 6) is -1.77. The maximum Gasteiger partial charge on any atom is 0.405 e. The molecule has 0 bridgehead atoms. The summed E-state index contributed by atoms with van der Waals surface area (Å²) in [6.45, 7) is 2.13. The van der Waals surface area contributed by atoms with Crippen molar-refractivity contribution in [2.24, 2.45) is 11.7 Å². The Morgan fingerprint density at radius 2 is 1.83 bits per heavy atom. The molecule has 0 spiro atoms. The van der Waals surface area contributed by atoms with Crippen LogP contribution in [0.25, 0.3) is 0 Å². The Morgan fingerprint density at radius 3 is 2.30 bits per heavy atom. The molecule has 0 fully saturated rings. The Hall–Kier alpha value is -2.44. The number of halogens is 1. The van der Waals surface area contributed by atoms with Gasteiger partial charge in [0.05, 0.1) is 6.04 Å². The minimum atomic E-state index is -1.19. The summed E-state index contributed by atoms with van der Waals surface area (Å²) in [5, 5.41) is 2.44. The highest BCUT2D eigenvalue weighted by Gasteiger charge is 2.29. The summed E-state index contributed by atoms with van der Waals surface area (Å²) in [6, 6.07) is 7.87. The van der Waals surface area contributed by atoms with E-state index < -0.39 is 36.6 Å². The van der Waals surface area contributed by atoms with E-state index in [9.17, 15) is 18.8 Å². The van der Waals surface area contributed by atoms with Crippen LogP contribution in [0.4, 0.5) is 9.18 Å². The van der Waals surface area contributed by atoms with Gasteiger partial charge in [-0.25, -0.2) is 9.18 Å². The molecule has 23 heavy (non-hydrogen) atoms. The zero-order valence-corrected chi connectivity index (χ0v) is 13.1. The van der Waals surface area contributed by atoms with Gasteiger partial charge >= 0.3 is 6.09 Å². The molecular weight excluding hydrogens is 303 g/mol. The third-order valence-corrected chi connectivity index (χ3v) is 3.23. The normalized spacial score (nSPS) is 13.2. The third kappa shape index (κ3) is 6.06. The summed E-state index contributed by atoms with van der Waals surface area (Å²) in [7, 11) is 0. The zero-order valence-electron chi connectivity index (χ0n) is 13.1. The SMILES string of the molecule is CC(C)[C@H](OC(N)=O)C(=O)NC(Cc1ccccc1)C(=O)CF. The van der Waals surface area contributed by atoms with E-state index in [2.05, 4.69) is 5.32 Å². The first-order valence-electron chi connectivity index (χ1n) is 7.24. The number of hydrogen-bond acceptors (Lipinski definition) is 4. The molecule has 7 heteroatoms. The number of nitrogens with one attached hydrogen (secondary N) is 1. The van der Waals surface area contributed by atoms with E-state index in [1.165, 1.54) is 0 Å². The van der Waals surface area contributed by atoms with Gasteiger partial charge in [-0.3, -0.25) is 9.59 Å². The molecule has 1 unspecified atom stereocenters. The Bertz CT molecular complexity index is 548. The van der Waals surface area contributed by atoms with Crippen LogP contribution in [0.1, 0.15) is 19.4 Å². The molecule has 0 heterocycles. The minimum absolute atomic E-state index is 0.150. The quantitative estimate of drug-likeness (QED) is 0.754. The number of carbonyl (C=O) groups excluding carboxylic acids is 3. The number of ketones is 1. The van der Waals surface area contributed by atoms with E-state index in [-0.39, 0.29) is 12.3 Å². The van der Waals surface area contributed by atoms with Crippen molar-refractivity contribution in [2.45, 2.75) is 32.4 Å². The number of benzene rings is 1. The predicted octanol–water partition coefficient (Wildman–Crippen LogP) is 1.37. The van der Waals surface area contributed by atoms with Gasteiger partial charge in [0.1, 0.15) is 6.67 Å². The second kappa shape index (κ2) is 8.87. The monoisotopic (exact) mass is 324 g/mol. The van der Waals surface area contributed by atoms with Crippen LogP contribution in [0, 0.1) is 5.92 Å². The third-order valence-electron chi connectivity index (χ3n) is 3.23. The number of ether oxygens (including phenoxy) is 1. The van der Waals surface area contributed by atoms with Crippen molar-refractivity contribution in [1.82, 2.24) is 5.32 Å². The summed E-state index contributed by atoms with van der Waals surface area (Å²) < 4.78 is 17.5. The standard InChI is InChI=1S/C16H21FN2O4/c1-10(2)14(23-16(18)22)15(21)19-12(13(20)9-17)8-11-6-4-3-5-7-11/h3-7,10,12,14H,8-9H2,1-2H3,(H2,18,22)(H,19,21)/t12?,14-/m0/s1. The van der Waals surface area contributed by atoms with Crippen molar-refractivity contribution in [1.29, 1.82) is 0 Å². The van der Waals surface area contributed by atoms with E-state index in [1.807, 2.05) is 6.07 Å². The molecule has 6 nitrogen and oxygen atoms in total. The van der Waals surface area contributed by atoms with Crippen molar-refractivity contribution in [3.05, 3.63) is 35.9 Å². The molecule has 0 saturated carbocycles. The van der Waals surface area contributed by atoms with E-state index in [4.69, 9.17) is 10.5 Å². The average molecular weight is 324 g/mol. The number of Topliss-reactive ketones (excluding diaryl/α,β-unsaturated/α-hetero) is 1. The lowest BCUT2D eigenvalue weighted by Crippen LogP contribution is -2.50. The molecule has 0 aliphatic heterocycles. The van der Waals surface area contributed by atoms with E-state index in [1.54, 1.807) is 38.1 Å². The van der Waals surface area contributed by atoms with E-state index >= 15 is 0 Å². The Labute approximate surface area is 134 Å². The average Bonchev–Trinajstić information content (AvgIpc) is 2.51. The van der Waals surface area contributed by atoms with Gasteiger partial charge in [-0.2, -0.15) is 0 Å². The largest absolute Gasteiger partial charge is 0.436 e. The number of carbonyl (C=O) groups is 3. The van der Waals surface area contributed by atoms with Crippen LogP contribution in [0.3, 0.4) is 0 Å². The van der Waals surface area contributed by atoms with Gasteiger partial charge in [-0.05, 0) is 17.9 Å². The maximum absolute atomic E-state index is 12.8. The van der Waals surface area contributed by atoms with Crippen molar-refractivity contribution in [2.75, 3.05) is 6.67 Å². The molecule has 1 aromatic rings.